The van der Waals surface area contributed by atoms with Crippen molar-refractivity contribution in [2.75, 3.05) is 13.6 Å². The van der Waals surface area contributed by atoms with Crippen molar-refractivity contribution in [1.82, 2.24) is 4.31 Å². The highest BCUT2D eigenvalue weighted by atomic mass is 79.9. The quantitative estimate of drug-likeness (QED) is 0.820. The molecule has 1 aromatic carbocycles. The molecule has 2 aromatic rings. The predicted molar refractivity (Wildman–Crippen MR) is 82.0 cm³/mol. The van der Waals surface area contributed by atoms with Gasteiger partial charge < -0.3 is 0 Å². The third-order valence-corrected chi connectivity index (χ3v) is 6.04. The van der Waals surface area contributed by atoms with E-state index in [9.17, 15) is 8.42 Å². The van der Waals surface area contributed by atoms with E-state index < -0.39 is 10.0 Å². The highest BCUT2D eigenvalue weighted by molar-refractivity contribution is 9.10. The monoisotopic (exact) mass is 359 g/mol. The number of halogens is 1. The van der Waals surface area contributed by atoms with Crippen molar-refractivity contribution in [1.29, 1.82) is 0 Å². The van der Waals surface area contributed by atoms with E-state index in [1.807, 2.05) is 23.6 Å². The molecule has 1 aromatic heterocycles. The average molecular weight is 360 g/mol. The summed E-state index contributed by atoms with van der Waals surface area (Å²) >= 11 is 4.94. The van der Waals surface area contributed by atoms with Crippen molar-refractivity contribution in [3.05, 3.63) is 51.1 Å². The van der Waals surface area contributed by atoms with E-state index in [1.54, 1.807) is 36.6 Å². The first-order valence-corrected chi connectivity index (χ1v) is 8.86. The first kappa shape index (κ1) is 14.7. The largest absolute Gasteiger partial charge is 0.242 e. The van der Waals surface area contributed by atoms with E-state index in [0.29, 0.717) is 11.4 Å². The van der Waals surface area contributed by atoms with Gasteiger partial charge in [-0.1, -0.05) is 28.1 Å². The molecule has 0 aliphatic heterocycles. The maximum atomic E-state index is 12.4. The topological polar surface area (TPSA) is 37.4 Å². The average Bonchev–Trinajstić information content (AvgIpc) is 2.89. The standard InChI is InChI=1S/C13H14BrNO2S2/c1-15(8-7-12-5-3-9-18-12)19(16,17)13-6-2-4-11(14)10-13/h2-6,9-10H,7-8H2,1H3. The molecule has 1 heterocycles. The van der Waals surface area contributed by atoms with E-state index in [2.05, 4.69) is 15.9 Å². The fraction of sp³-hybridized carbons (Fsp3) is 0.231. The number of benzene rings is 1. The Morgan fingerprint density at radius 2 is 2.05 bits per heavy atom. The van der Waals surface area contributed by atoms with Crippen LogP contribution in [0, 0.1) is 0 Å². The van der Waals surface area contributed by atoms with Crippen LogP contribution in [-0.4, -0.2) is 26.3 Å². The fourth-order valence-electron chi connectivity index (χ4n) is 1.65. The van der Waals surface area contributed by atoms with E-state index >= 15 is 0 Å². The van der Waals surface area contributed by atoms with Gasteiger partial charge in [0, 0.05) is 22.9 Å². The van der Waals surface area contributed by atoms with Crippen molar-refractivity contribution < 1.29 is 8.42 Å². The lowest BCUT2D eigenvalue weighted by atomic mass is 10.3. The summed E-state index contributed by atoms with van der Waals surface area (Å²) < 4.78 is 26.9. The molecular formula is C13H14BrNO2S2. The molecule has 0 amide bonds. The molecule has 3 nitrogen and oxygen atoms in total. The summed E-state index contributed by atoms with van der Waals surface area (Å²) in [6, 6.07) is 10.8. The summed E-state index contributed by atoms with van der Waals surface area (Å²) in [4.78, 5) is 1.51. The Balaban J connectivity index is 2.11. The van der Waals surface area contributed by atoms with Crippen LogP contribution in [0.25, 0.3) is 0 Å². The van der Waals surface area contributed by atoms with E-state index in [4.69, 9.17) is 0 Å². The Morgan fingerprint density at radius 3 is 2.68 bits per heavy atom. The van der Waals surface area contributed by atoms with E-state index in [-0.39, 0.29) is 0 Å². The molecule has 0 bridgehead atoms. The minimum absolute atomic E-state index is 0.315. The maximum absolute atomic E-state index is 12.4. The summed E-state index contributed by atoms with van der Waals surface area (Å²) in [6.45, 7) is 0.482. The fourth-order valence-corrected chi connectivity index (χ4v) is 4.12. The minimum atomic E-state index is -3.41. The Kier molecular flexibility index (Phi) is 4.78. The number of hydrogen-bond acceptors (Lipinski definition) is 3. The summed E-state index contributed by atoms with van der Waals surface area (Å²) in [7, 11) is -1.79. The Morgan fingerprint density at radius 1 is 1.26 bits per heavy atom. The molecule has 0 aliphatic rings. The minimum Gasteiger partial charge on any atom is -0.207 e. The second kappa shape index (κ2) is 6.17. The molecule has 19 heavy (non-hydrogen) atoms. The van der Waals surface area contributed by atoms with E-state index in [0.717, 1.165) is 10.9 Å². The van der Waals surface area contributed by atoms with Gasteiger partial charge in [0.15, 0.2) is 0 Å². The smallest absolute Gasteiger partial charge is 0.207 e. The Bertz CT molecular complexity index is 638. The van der Waals surface area contributed by atoms with Crippen LogP contribution in [0.2, 0.25) is 0 Å². The van der Waals surface area contributed by atoms with Crippen LogP contribution >= 0.6 is 27.3 Å². The van der Waals surface area contributed by atoms with Gasteiger partial charge >= 0.3 is 0 Å². The van der Waals surface area contributed by atoms with E-state index in [1.165, 1.54) is 9.18 Å². The van der Waals surface area contributed by atoms with Crippen molar-refractivity contribution in [3.63, 3.8) is 0 Å². The zero-order chi connectivity index (χ0) is 13.9. The third kappa shape index (κ3) is 3.66. The maximum Gasteiger partial charge on any atom is 0.242 e. The molecule has 0 saturated carbocycles. The van der Waals surface area contributed by atoms with Crippen molar-refractivity contribution in [2.24, 2.45) is 0 Å². The second-order valence-corrected chi connectivity index (χ2v) is 8.11. The number of hydrogen-bond donors (Lipinski definition) is 0. The predicted octanol–water partition coefficient (Wildman–Crippen LogP) is 3.37. The Labute approximate surface area is 126 Å². The van der Waals surface area contributed by atoms with Gasteiger partial charge in [0.2, 0.25) is 10.0 Å². The van der Waals surface area contributed by atoms with Gasteiger partial charge in [0.05, 0.1) is 4.90 Å². The molecule has 0 fully saturated rings. The summed E-state index contributed by atoms with van der Waals surface area (Å²) in [6.07, 6.45) is 0.737. The van der Waals surface area contributed by atoms with Crippen LogP contribution in [0.15, 0.2) is 51.1 Å². The third-order valence-electron chi connectivity index (χ3n) is 2.76. The first-order chi connectivity index (χ1) is 9.00. The SMILES string of the molecule is CN(CCc1cccs1)S(=O)(=O)c1cccc(Br)c1. The molecule has 102 valence electrons. The van der Waals surface area contributed by atoms with Gasteiger partial charge in [-0.15, -0.1) is 11.3 Å². The highest BCUT2D eigenvalue weighted by Crippen LogP contribution is 2.19. The van der Waals surface area contributed by atoms with Crippen LogP contribution in [0.4, 0.5) is 0 Å². The lowest BCUT2D eigenvalue weighted by Gasteiger charge is -2.16. The number of likely N-dealkylation sites (N-methyl/N-ethyl adjacent to an activating group) is 1. The zero-order valence-corrected chi connectivity index (χ0v) is 13.6. The molecule has 2 rings (SSSR count). The normalized spacial score (nSPS) is 11.9. The number of thiophene rings is 1. The number of sulfonamides is 1. The van der Waals surface area contributed by atoms with Gasteiger partial charge in [-0.25, -0.2) is 12.7 Å². The van der Waals surface area contributed by atoms with Gasteiger partial charge in [0.25, 0.3) is 0 Å². The Hall–Kier alpha value is -0.690. The van der Waals surface area contributed by atoms with Crippen molar-refractivity contribution in [3.8, 4) is 0 Å². The molecule has 0 N–H and O–H groups in total. The first-order valence-electron chi connectivity index (χ1n) is 5.74. The van der Waals surface area contributed by atoms with Crippen molar-refractivity contribution >= 4 is 37.3 Å². The van der Waals surface area contributed by atoms with Crippen LogP contribution in [0.5, 0.6) is 0 Å². The zero-order valence-electron chi connectivity index (χ0n) is 10.4. The van der Waals surface area contributed by atoms with Crippen molar-refractivity contribution in [2.45, 2.75) is 11.3 Å². The molecule has 0 aliphatic carbocycles. The van der Waals surface area contributed by atoms with Gasteiger partial charge in [0.1, 0.15) is 0 Å². The molecule has 0 radical (unpaired) electrons. The molecular weight excluding hydrogens is 346 g/mol. The van der Waals surface area contributed by atoms with Crippen LogP contribution < -0.4 is 0 Å². The molecule has 6 heteroatoms. The summed E-state index contributed by atoms with van der Waals surface area (Å²) in [5.74, 6) is 0. The number of rotatable bonds is 5. The highest BCUT2D eigenvalue weighted by Gasteiger charge is 2.20. The van der Waals surface area contributed by atoms with Gasteiger partial charge in [-0.3, -0.25) is 0 Å². The molecule has 0 unspecified atom stereocenters. The van der Waals surface area contributed by atoms with Crippen LogP contribution in [0.1, 0.15) is 4.88 Å². The van der Waals surface area contributed by atoms with Gasteiger partial charge in [-0.05, 0) is 36.1 Å². The summed E-state index contributed by atoms with van der Waals surface area (Å²) in [5, 5.41) is 2.00. The van der Waals surface area contributed by atoms with Crippen LogP contribution in [0.3, 0.4) is 0 Å². The number of nitrogens with zero attached hydrogens (tertiary/aromatic N) is 1. The second-order valence-electron chi connectivity index (χ2n) is 4.11. The lowest BCUT2D eigenvalue weighted by Crippen LogP contribution is -2.28. The molecule has 0 spiro atoms. The van der Waals surface area contributed by atoms with Crippen LogP contribution in [-0.2, 0) is 16.4 Å². The summed E-state index contributed by atoms with van der Waals surface area (Å²) in [5.41, 5.74) is 0. The van der Waals surface area contributed by atoms with Gasteiger partial charge in [-0.2, -0.15) is 0 Å². The molecule has 0 saturated heterocycles. The molecule has 0 atom stereocenters. The lowest BCUT2D eigenvalue weighted by molar-refractivity contribution is 0.473.